The SMILES string of the molecule is CNC(=O)c1ccc(-n2nc(C)c(Cc3ccccc3)c2C)o1. The van der Waals surface area contributed by atoms with Crippen LogP contribution in [0.3, 0.4) is 0 Å². The number of furan rings is 1. The number of carbonyl (C=O) groups excluding carboxylic acids is 1. The molecule has 3 rings (SSSR count). The maximum atomic E-state index is 11.6. The molecule has 0 saturated carbocycles. The van der Waals surface area contributed by atoms with E-state index in [4.69, 9.17) is 4.42 Å². The highest BCUT2D eigenvalue weighted by molar-refractivity contribution is 5.91. The fourth-order valence-electron chi connectivity index (χ4n) is 2.63. The molecule has 0 bridgehead atoms. The van der Waals surface area contributed by atoms with Crippen molar-refractivity contribution in [3.8, 4) is 5.88 Å². The van der Waals surface area contributed by atoms with Crippen molar-refractivity contribution >= 4 is 5.91 Å². The van der Waals surface area contributed by atoms with E-state index in [0.29, 0.717) is 5.88 Å². The lowest BCUT2D eigenvalue weighted by Gasteiger charge is -2.03. The Morgan fingerprint density at radius 3 is 2.61 bits per heavy atom. The van der Waals surface area contributed by atoms with E-state index in [1.807, 2.05) is 32.0 Å². The van der Waals surface area contributed by atoms with Crippen molar-refractivity contribution in [1.82, 2.24) is 15.1 Å². The van der Waals surface area contributed by atoms with Gasteiger partial charge in [-0.15, -0.1) is 0 Å². The van der Waals surface area contributed by atoms with Gasteiger partial charge in [-0.3, -0.25) is 4.79 Å². The molecule has 23 heavy (non-hydrogen) atoms. The Morgan fingerprint density at radius 2 is 1.91 bits per heavy atom. The molecule has 2 aromatic heterocycles. The Balaban J connectivity index is 1.94. The van der Waals surface area contributed by atoms with Gasteiger partial charge in [0, 0.05) is 30.8 Å². The van der Waals surface area contributed by atoms with Crippen molar-refractivity contribution in [3.63, 3.8) is 0 Å². The first kappa shape index (κ1) is 15.1. The van der Waals surface area contributed by atoms with Gasteiger partial charge in [-0.2, -0.15) is 5.10 Å². The van der Waals surface area contributed by atoms with E-state index in [2.05, 4.69) is 22.5 Å². The standard InChI is InChI=1S/C18H19N3O2/c1-12-15(11-14-7-5-4-6-8-14)13(2)21(20-12)17-10-9-16(23-17)18(22)19-3/h4-10H,11H2,1-3H3,(H,19,22). The number of amides is 1. The summed E-state index contributed by atoms with van der Waals surface area (Å²) in [4.78, 5) is 11.6. The lowest BCUT2D eigenvalue weighted by Crippen LogP contribution is -2.16. The Labute approximate surface area is 134 Å². The average molecular weight is 309 g/mol. The summed E-state index contributed by atoms with van der Waals surface area (Å²) in [5, 5.41) is 7.11. The van der Waals surface area contributed by atoms with Crippen molar-refractivity contribution in [2.75, 3.05) is 7.05 Å². The topological polar surface area (TPSA) is 60.1 Å². The predicted octanol–water partition coefficient (Wildman–Crippen LogP) is 3.03. The van der Waals surface area contributed by atoms with E-state index < -0.39 is 0 Å². The van der Waals surface area contributed by atoms with Crippen LogP contribution in [0.2, 0.25) is 0 Å². The van der Waals surface area contributed by atoms with Gasteiger partial charge in [0.25, 0.3) is 5.91 Å². The molecule has 0 fully saturated rings. The fourth-order valence-corrected chi connectivity index (χ4v) is 2.63. The highest BCUT2D eigenvalue weighted by Crippen LogP contribution is 2.22. The van der Waals surface area contributed by atoms with Crippen LogP contribution in [0.4, 0.5) is 0 Å². The molecule has 3 aromatic rings. The third-order valence-corrected chi connectivity index (χ3v) is 3.92. The second kappa shape index (κ2) is 6.12. The van der Waals surface area contributed by atoms with Gasteiger partial charge in [-0.05, 0) is 25.5 Å². The number of hydrogen-bond acceptors (Lipinski definition) is 3. The van der Waals surface area contributed by atoms with Crippen LogP contribution in [0.1, 0.15) is 33.1 Å². The van der Waals surface area contributed by atoms with Crippen LogP contribution in [0.25, 0.3) is 5.88 Å². The van der Waals surface area contributed by atoms with Crippen molar-refractivity contribution in [2.24, 2.45) is 0 Å². The highest BCUT2D eigenvalue weighted by Gasteiger charge is 2.17. The minimum Gasteiger partial charge on any atom is -0.433 e. The van der Waals surface area contributed by atoms with E-state index in [1.165, 1.54) is 11.1 Å². The maximum Gasteiger partial charge on any atom is 0.286 e. The maximum absolute atomic E-state index is 11.6. The normalized spacial score (nSPS) is 10.7. The molecular formula is C18H19N3O2. The first-order valence-electron chi connectivity index (χ1n) is 7.51. The molecule has 1 aromatic carbocycles. The quantitative estimate of drug-likeness (QED) is 0.806. The van der Waals surface area contributed by atoms with Crippen LogP contribution >= 0.6 is 0 Å². The number of nitrogens with one attached hydrogen (secondary N) is 1. The molecule has 0 spiro atoms. The van der Waals surface area contributed by atoms with Crippen molar-refractivity contribution in [1.29, 1.82) is 0 Å². The molecule has 5 nitrogen and oxygen atoms in total. The second-order valence-electron chi connectivity index (χ2n) is 5.44. The minimum absolute atomic E-state index is 0.248. The van der Waals surface area contributed by atoms with Gasteiger partial charge >= 0.3 is 0 Å². The van der Waals surface area contributed by atoms with Gasteiger partial charge in [-0.1, -0.05) is 30.3 Å². The molecule has 2 heterocycles. The Hall–Kier alpha value is -2.82. The van der Waals surface area contributed by atoms with Crippen LogP contribution in [0.15, 0.2) is 46.9 Å². The van der Waals surface area contributed by atoms with Crippen molar-refractivity contribution in [2.45, 2.75) is 20.3 Å². The van der Waals surface area contributed by atoms with Crippen LogP contribution in [-0.4, -0.2) is 22.7 Å². The zero-order valence-electron chi connectivity index (χ0n) is 13.5. The number of carbonyl (C=O) groups is 1. The molecule has 1 N–H and O–H groups in total. The van der Waals surface area contributed by atoms with Crippen LogP contribution in [0, 0.1) is 13.8 Å². The number of benzene rings is 1. The fraction of sp³-hybridized carbons (Fsp3) is 0.222. The number of nitrogens with zero attached hydrogens (tertiary/aromatic N) is 2. The Bertz CT molecular complexity index is 831. The Kier molecular flexibility index (Phi) is 4.02. The molecule has 0 aliphatic heterocycles. The number of aryl methyl sites for hydroxylation is 1. The zero-order chi connectivity index (χ0) is 16.4. The molecule has 0 unspecified atom stereocenters. The largest absolute Gasteiger partial charge is 0.433 e. The summed E-state index contributed by atoms with van der Waals surface area (Å²) in [5.41, 5.74) is 4.39. The predicted molar refractivity (Wildman–Crippen MR) is 87.9 cm³/mol. The molecule has 0 radical (unpaired) electrons. The summed E-state index contributed by atoms with van der Waals surface area (Å²) in [7, 11) is 1.58. The second-order valence-corrected chi connectivity index (χ2v) is 5.44. The molecule has 0 aliphatic rings. The molecule has 0 atom stereocenters. The monoisotopic (exact) mass is 309 g/mol. The number of hydrogen-bond donors (Lipinski definition) is 1. The molecule has 5 heteroatoms. The van der Waals surface area contributed by atoms with Gasteiger partial charge in [0.2, 0.25) is 5.88 Å². The Morgan fingerprint density at radius 1 is 1.17 bits per heavy atom. The van der Waals surface area contributed by atoms with E-state index >= 15 is 0 Å². The van der Waals surface area contributed by atoms with Crippen molar-refractivity contribution < 1.29 is 9.21 Å². The van der Waals surface area contributed by atoms with E-state index in [9.17, 15) is 4.79 Å². The summed E-state index contributed by atoms with van der Waals surface area (Å²) in [5.74, 6) is 0.575. The van der Waals surface area contributed by atoms with Crippen LogP contribution in [0.5, 0.6) is 0 Å². The van der Waals surface area contributed by atoms with Gasteiger partial charge in [0.05, 0.1) is 5.69 Å². The number of aromatic nitrogens is 2. The summed E-state index contributed by atoms with van der Waals surface area (Å²) < 4.78 is 7.36. The summed E-state index contributed by atoms with van der Waals surface area (Å²) in [6.07, 6.45) is 0.821. The first-order chi connectivity index (χ1) is 11.1. The number of rotatable bonds is 4. The average Bonchev–Trinajstić information content (AvgIpc) is 3.15. The van der Waals surface area contributed by atoms with Gasteiger partial charge in [-0.25, -0.2) is 4.68 Å². The first-order valence-corrected chi connectivity index (χ1v) is 7.51. The van der Waals surface area contributed by atoms with E-state index in [1.54, 1.807) is 23.9 Å². The van der Waals surface area contributed by atoms with Gasteiger partial charge in [0.15, 0.2) is 5.76 Å². The summed E-state index contributed by atoms with van der Waals surface area (Å²) in [6, 6.07) is 13.7. The molecule has 118 valence electrons. The molecule has 1 amide bonds. The lowest BCUT2D eigenvalue weighted by atomic mass is 10.0. The summed E-state index contributed by atoms with van der Waals surface area (Å²) >= 11 is 0. The summed E-state index contributed by atoms with van der Waals surface area (Å²) in [6.45, 7) is 4.00. The third-order valence-electron chi connectivity index (χ3n) is 3.92. The van der Waals surface area contributed by atoms with E-state index in [-0.39, 0.29) is 11.7 Å². The van der Waals surface area contributed by atoms with Crippen LogP contribution < -0.4 is 5.32 Å². The van der Waals surface area contributed by atoms with Gasteiger partial charge < -0.3 is 9.73 Å². The molecule has 0 saturated heterocycles. The lowest BCUT2D eigenvalue weighted by molar-refractivity contribution is 0.0935. The smallest absolute Gasteiger partial charge is 0.286 e. The van der Waals surface area contributed by atoms with Crippen LogP contribution in [-0.2, 0) is 6.42 Å². The highest BCUT2D eigenvalue weighted by atomic mass is 16.4. The molecule has 0 aliphatic carbocycles. The third kappa shape index (κ3) is 2.90. The molecular weight excluding hydrogens is 290 g/mol. The van der Waals surface area contributed by atoms with E-state index in [0.717, 1.165) is 17.8 Å². The minimum atomic E-state index is -0.248. The zero-order valence-corrected chi connectivity index (χ0v) is 13.5. The van der Waals surface area contributed by atoms with Gasteiger partial charge in [0.1, 0.15) is 0 Å². The van der Waals surface area contributed by atoms with Crippen molar-refractivity contribution in [3.05, 3.63) is 70.7 Å².